The standard InChI is InChI=1S/C20H22F3N5O3/c1-3-24-19(31)27-9-7-26(8-10-27)18(30)17-16(29)11-13(2)28(25-17)15-6-4-5-14(12-15)20(21,22)23/h4-6,11-12H,3,7-10H2,1-2H3,(H,24,31). The number of halogens is 3. The molecule has 1 aromatic heterocycles. The van der Waals surface area contributed by atoms with E-state index in [2.05, 4.69) is 10.4 Å². The lowest BCUT2D eigenvalue weighted by atomic mass is 10.2. The summed E-state index contributed by atoms with van der Waals surface area (Å²) in [6.07, 6.45) is -4.54. The number of nitrogens with one attached hydrogen (secondary N) is 1. The van der Waals surface area contributed by atoms with Crippen molar-refractivity contribution in [1.82, 2.24) is 24.9 Å². The molecule has 31 heavy (non-hydrogen) atoms. The number of carbonyl (C=O) groups is 2. The molecule has 166 valence electrons. The zero-order valence-electron chi connectivity index (χ0n) is 17.1. The van der Waals surface area contributed by atoms with E-state index in [0.29, 0.717) is 25.3 Å². The first kappa shape index (κ1) is 22.3. The molecule has 0 spiro atoms. The minimum absolute atomic E-state index is 0.0856. The van der Waals surface area contributed by atoms with Gasteiger partial charge in [-0.25, -0.2) is 9.48 Å². The first-order valence-corrected chi connectivity index (χ1v) is 9.72. The quantitative estimate of drug-likeness (QED) is 0.796. The molecule has 3 rings (SSSR count). The van der Waals surface area contributed by atoms with Crippen LogP contribution in [0.3, 0.4) is 0 Å². The Morgan fingerprint density at radius 1 is 1.10 bits per heavy atom. The van der Waals surface area contributed by atoms with Crippen molar-refractivity contribution in [2.24, 2.45) is 0 Å². The fourth-order valence-corrected chi connectivity index (χ4v) is 3.30. The molecule has 0 bridgehead atoms. The summed E-state index contributed by atoms with van der Waals surface area (Å²) >= 11 is 0. The number of amides is 3. The summed E-state index contributed by atoms with van der Waals surface area (Å²) in [5.74, 6) is -0.624. The van der Waals surface area contributed by atoms with Crippen LogP contribution in [0.1, 0.15) is 28.7 Å². The molecule has 2 aromatic rings. The summed E-state index contributed by atoms with van der Waals surface area (Å²) in [6, 6.07) is 5.44. The molecule has 1 aromatic carbocycles. The van der Waals surface area contributed by atoms with Gasteiger partial charge < -0.3 is 15.1 Å². The van der Waals surface area contributed by atoms with Crippen LogP contribution < -0.4 is 10.7 Å². The molecule has 1 aliphatic heterocycles. The second-order valence-electron chi connectivity index (χ2n) is 7.07. The maximum Gasteiger partial charge on any atom is 0.416 e. The van der Waals surface area contributed by atoms with Crippen LogP contribution in [0.15, 0.2) is 35.1 Å². The Labute approximate surface area is 176 Å². The van der Waals surface area contributed by atoms with Gasteiger partial charge >= 0.3 is 12.2 Å². The van der Waals surface area contributed by atoms with Crippen LogP contribution in [-0.4, -0.2) is 64.2 Å². The van der Waals surface area contributed by atoms with Gasteiger partial charge in [0.1, 0.15) is 0 Å². The minimum Gasteiger partial charge on any atom is -0.338 e. The van der Waals surface area contributed by atoms with Crippen LogP contribution in [0.2, 0.25) is 0 Å². The van der Waals surface area contributed by atoms with Crippen molar-refractivity contribution in [3.63, 3.8) is 0 Å². The fraction of sp³-hybridized carbons (Fsp3) is 0.400. The van der Waals surface area contributed by atoms with Crippen LogP contribution in [0.5, 0.6) is 0 Å². The SMILES string of the molecule is CCNC(=O)N1CCN(C(=O)c2nn(-c3cccc(C(F)(F)F)c3)c(C)cc2=O)CC1. The van der Waals surface area contributed by atoms with Gasteiger partial charge in [-0.05, 0) is 32.0 Å². The number of aromatic nitrogens is 2. The third-order valence-electron chi connectivity index (χ3n) is 4.91. The average Bonchev–Trinajstić information content (AvgIpc) is 2.73. The van der Waals surface area contributed by atoms with E-state index in [1.165, 1.54) is 30.0 Å². The van der Waals surface area contributed by atoms with Gasteiger partial charge in [0, 0.05) is 44.5 Å². The van der Waals surface area contributed by atoms with E-state index >= 15 is 0 Å². The number of aryl methyl sites for hydroxylation is 1. The highest BCUT2D eigenvalue weighted by Crippen LogP contribution is 2.30. The molecule has 8 nitrogen and oxygen atoms in total. The van der Waals surface area contributed by atoms with Crippen molar-refractivity contribution in [1.29, 1.82) is 0 Å². The van der Waals surface area contributed by atoms with Gasteiger partial charge in [0.05, 0.1) is 11.3 Å². The maximum atomic E-state index is 13.1. The van der Waals surface area contributed by atoms with E-state index in [0.717, 1.165) is 16.8 Å². The topological polar surface area (TPSA) is 87.5 Å². The van der Waals surface area contributed by atoms with E-state index in [4.69, 9.17) is 0 Å². The van der Waals surface area contributed by atoms with Crippen molar-refractivity contribution in [3.05, 3.63) is 57.5 Å². The Morgan fingerprint density at radius 2 is 1.74 bits per heavy atom. The largest absolute Gasteiger partial charge is 0.416 e. The third kappa shape index (κ3) is 4.86. The Hall–Kier alpha value is -3.37. The Kier molecular flexibility index (Phi) is 6.32. The van der Waals surface area contributed by atoms with Crippen LogP contribution in [0.4, 0.5) is 18.0 Å². The van der Waals surface area contributed by atoms with Crippen LogP contribution >= 0.6 is 0 Å². The molecule has 0 radical (unpaired) electrons. The molecule has 0 unspecified atom stereocenters. The zero-order chi connectivity index (χ0) is 22.8. The highest BCUT2D eigenvalue weighted by Gasteiger charge is 2.31. The summed E-state index contributed by atoms with van der Waals surface area (Å²) < 4.78 is 40.3. The Bertz CT molecular complexity index is 1040. The molecule has 0 aliphatic carbocycles. The third-order valence-corrected chi connectivity index (χ3v) is 4.91. The average molecular weight is 437 g/mol. The number of hydrogen-bond acceptors (Lipinski definition) is 4. The molecular formula is C20H22F3N5O3. The molecule has 0 atom stereocenters. The molecule has 11 heteroatoms. The van der Waals surface area contributed by atoms with Gasteiger partial charge in [-0.15, -0.1) is 0 Å². The van der Waals surface area contributed by atoms with Crippen LogP contribution in [-0.2, 0) is 6.18 Å². The summed E-state index contributed by atoms with van der Waals surface area (Å²) in [4.78, 5) is 40.2. The number of alkyl halides is 3. The smallest absolute Gasteiger partial charge is 0.338 e. The van der Waals surface area contributed by atoms with E-state index < -0.39 is 23.1 Å². The number of nitrogens with zero attached hydrogens (tertiary/aromatic N) is 4. The van der Waals surface area contributed by atoms with E-state index in [9.17, 15) is 27.6 Å². The monoisotopic (exact) mass is 437 g/mol. The van der Waals surface area contributed by atoms with Gasteiger partial charge in [-0.2, -0.15) is 18.3 Å². The van der Waals surface area contributed by atoms with E-state index in [-0.39, 0.29) is 30.5 Å². The van der Waals surface area contributed by atoms with Crippen molar-refractivity contribution in [2.75, 3.05) is 32.7 Å². The van der Waals surface area contributed by atoms with Crippen molar-refractivity contribution in [2.45, 2.75) is 20.0 Å². The van der Waals surface area contributed by atoms with Gasteiger partial charge in [-0.1, -0.05) is 6.07 Å². The molecule has 1 fully saturated rings. The second-order valence-corrected chi connectivity index (χ2v) is 7.07. The summed E-state index contributed by atoms with van der Waals surface area (Å²) in [5.41, 5.74) is -1.48. The number of rotatable bonds is 3. The predicted molar refractivity (Wildman–Crippen MR) is 106 cm³/mol. The molecular weight excluding hydrogens is 415 g/mol. The second kappa shape index (κ2) is 8.78. The van der Waals surface area contributed by atoms with E-state index in [1.54, 1.807) is 11.8 Å². The normalized spacial score (nSPS) is 14.5. The molecule has 0 saturated carbocycles. The molecule has 1 N–H and O–H groups in total. The van der Waals surface area contributed by atoms with Crippen LogP contribution in [0.25, 0.3) is 5.69 Å². The van der Waals surface area contributed by atoms with Gasteiger partial charge in [0.25, 0.3) is 5.91 Å². The number of urea groups is 1. The minimum atomic E-state index is -4.54. The lowest BCUT2D eigenvalue weighted by molar-refractivity contribution is -0.137. The molecule has 2 heterocycles. The Balaban J connectivity index is 1.86. The summed E-state index contributed by atoms with van der Waals surface area (Å²) in [7, 11) is 0. The zero-order valence-corrected chi connectivity index (χ0v) is 17.1. The fourth-order valence-electron chi connectivity index (χ4n) is 3.30. The molecule has 3 amide bonds. The van der Waals surface area contributed by atoms with Crippen molar-refractivity contribution in [3.8, 4) is 5.69 Å². The van der Waals surface area contributed by atoms with Crippen molar-refractivity contribution < 1.29 is 22.8 Å². The van der Waals surface area contributed by atoms with Gasteiger partial charge in [0.2, 0.25) is 5.43 Å². The number of benzene rings is 1. The van der Waals surface area contributed by atoms with Crippen molar-refractivity contribution >= 4 is 11.9 Å². The number of hydrogen-bond donors (Lipinski definition) is 1. The van der Waals surface area contributed by atoms with E-state index in [1.807, 2.05) is 0 Å². The van der Waals surface area contributed by atoms with Gasteiger partial charge in [-0.3, -0.25) is 9.59 Å². The highest BCUT2D eigenvalue weighted by atomic mass is 19.4. The summed E-state index contributed by atoms with van der Waals surface area (Å²) in [6.45, 7) is 4.84. The molecule has 1 saturated heterocycles. The first-order chi connectivity index (χ1) is 14.6. The summed E-state index contributed by atoms with van der Waals surface area (Å²) in [5, 5.41) is 6.76. The number of carbonyl (C=O) groups excluding carboxylic acids is 2. The lowest BCUT2D eigenvalue weighted by Gasteiger charge is -2.34. The number of piperazine rings is 1. The van der Waals surface area contributed by atoms with Gasteiger partial charge in [0.15, 0.2) is 5.69 Å². The maximum absolute atomic E-state index is 13.1. The lowest BCUT2D eigenvalue weighted by Crippen LogP contribution is -2.53. The molecule has 1 aliphatic rings. The Morgan fingerprint density at radius 3 is 2.35 bits per heavy atom. The first-order valence-electron chi connectivity index (χ1n) is 9.72. The van der Waals surface area contributed by atoms with Crippen LogP contribution in [0, 0.1) is 6.92 Å². The highest BCUT2D eigenvalue weighted by molar-refractivity contribution is 5.92. The predicted octanol–water partition coefficient (Wildman–Crippen LogP) is 2.05.